The van der Waals surface area contributed by atoms with E-state index in [2.05, 4.69) is 25.7 Å². The molecule has 7 nitrogen and oxygen atoms in total. The van der Waals surface area contributed by atoms with E-state index in [0.29, 0.717) is 23.0 Å². The minimum absolute atomic E-state index is 0.0160. The van der Waals surface area contributed by atoms with Crippen LogP contribution in [0.4, 0.5) is 14.6 Å². The van der Waals surface area contributed by atoms with Crippen LogP contribution in [0.1, 0.15) is 58.1 Å². The molecule has 0 spiro atoms. The van der Waals surface area contributed by atoms with Crippen molar-refractivity contribution in [2.24, 2.45) is 0 Å². The number of halogens is 2. The first-order valence-electron chi connectivity index (χ1n) is 11.3. The number of methoxy groups -OCH3 is 1. The molecule has 2 aliphatic rings. The molecule has 3 aromatic rings. The molecule has 32 heavy (non-hydrogen) atoms. The van der Waals surface area contributed by atoms with Crippen LogP contribution >= 0.6 is 0 Å². The number of rotatable bonds is 5. The zero-order valence-corrected chi connectivity index (χ0v) is 19.0. The maximum Gasteiger partial charge on any atom is 0.168 e. The number of fused-ring (bicyclic) bond motifs is 1. The molecule has 0 radical (unpaired) electrons. The number of nitrogens with zero attached hydrogens (tertiary/aromatic N) is 4. The number of hydrogen-bond acceptors (Lipinski definition) is 6. The minimum atomic E-state index is -0.750. The molecular formula is C23H30F2N6O. The van der Waals surface area contributed by atoms with Crippen molar-refractivity contribution < 1.29 is 13.5 Å². The van der Waals surface area contributed by atoms with Crippen molar-refractivity contribution in [3.05, 3.63) is 35.7 Å². The Balaban J connectivity index is 0.00000119. The summed E-state index contributed by atoms with van der Waals surface area (Å²) in [5, 5.41) is 11.2. The van der Waals surface area contributed by atoms with Crippen LogP contribution in [0.2, 0.25) is 0 Å². The Morgan fingerprint density at radius 2 is 1.94 bits per heavy atom. The summed E-state index contributed by atoms with van der Waals surface area (Å²) >= 11 is 0. The van der Waals surface area contributed by atoms with Gasteiger partial charge in [-0.15, -0.1) is 0 Å². The van der Waals surface area contributed by atoms with Crippen molar-refractivity contribution in [2.75, 3.05) is 19.0 Å². The maximum absolute atomic E-state index is 14.8. The normalized spacial score (nSPS) is 20.6. The van der Waals surface area contributed by atoms with E-state index in [1.807, 2.05) is 20.8 Å². The van der Waals surface area contributed by atoms with Gasteiger partial charge >= 0.3 is 0 Å². The van der Waals surface area contributed by atoms with E-state index in [9.17, 15) is 8.78 Å². The third-order valence-electron chi connectivity index (χ3n) is 5.92. The molecule has 1 saturated carbocycles. The Morgan fingerprint density at radius 3 is 2.62 bits per heavy atom. The van der Waals surface area contributed by atoms with Gasteiger partial charge < -0.3 is 15.4 Å². The molecule has 1 saturated heterocycles. The number of hydrogen-bond donors (Lipinski definition) is 2. The average molecular weight is 445 g/mol. The zero-order valence-electron chi connectivity index (χ0n) is 19.0. The van der Waals surface area contributed by atoms with Gasteiger partial charge in [0.05, 0.1) is 13.3 Å². The molecular weight excluding hydrogens is 414 g/mol. The molecule has 0 aromatic carbocycles. The maximum atomic E-state index is 14.8. The van der Waals surface area contributed by atoms with Crippen LogP contribution in [-0.4, -0.2) is 45.3 Å². The van der Waals surface area contributed by atoms with Crippen LogP contribution in [0.25, 0.3) is 17.0 Å². The van der Waals surface area contributed by atoms with Crippen molar-refractivity contribution >= 4 is 11.5 Å². The zero-order chi connectivity index (χ0) is 22.8. The molecule has 1 aliphatic carbocycles. The van der Waals surface area contributed by atoms with E-state index in [-0.39, 0.29) is 23.6 Å². The third kappa shape index (κ3) is 4.26. The highest BCUT2D eigenvalue weighted by atomic mass is 19.1. The van der Waals surface area contributed by atoms with Crippen LogP contribution in [0.5, 0.6) is 5.75 Å². The van der Waals surface area contributed by atoms with Crippen LogP contribution in [0, 0.1) is 11.6 Å². The second-order valence-electron chi connectivity index (χ2n) is 8.07. The predicted octanol–water partition coefficient (Wildman–Crippen LogP) is 4.53. The summed E-state index contributed by atoms with van der Waals surface area (Å²) in [6.07, 6.45) is 5.48. The number of ether oxygens (including phenoxy) is 1. The number of piperidine rings is 1. The number of imidazole rings is 1. The van der Waals surface area contributed by atoms with E-state index >= 15 is 0 Å². The lowest BCUT2D eigenvalue weighted by Crippen LogP contribution is -2.46. The lowest BCUT2D eigenvalue weighted by molar-refractivity contribution is 0.387. The summed E-state index contributed by atoms with van der Waals surface area (Å²) in [7, 11) is 1.60. The largest absolute Gasteiger partial charge is 0.495 e. The average Bonchev–Trinajstić information content (AvgIpc) is 3.57. The SMILES string of the molecule is CC.COc1cc2ncc(-c3nc(NC4CCCNC4C)c(F)cc3F)n2nc1C1CC1. The Morgan fingerprint density at radius 1 is 1.16 bits per heavy atom. The van der Waals surface area contributed by atoms with Crippen molar-refractivity contribution in [3.63, 3.8) is 0 Å². The molecule has 0 bridgehead atoms. The van der Waals surface area contributed by atoms with Gasteiger partial charge in [0.2, 0.25) is 0 Å². The van der Waals surface area contributed by atoms with E-state index < -0.39 is 11.6 Å². The first-order valence-corrected chi connectivity index (χ1v) is 11.3. The van der Waals surface area contributed by atoms with Crippen LogP contribution in [0.15, 0.2) is 18.3 Å². The standard InChI is InChI=1S/C21H24F2N6O.C2H6/c1-11-15(4-3-7-24-11)26-21-14(23)8-13(22)20(27-21)16-10-25-18-9-17(30-2)19(12-5-6-12)28-29(16)18;1-2/h8-12,15,24H,3-7H2,1-2H3,(H,26,27);1-2H3. The fraction of sp³-hybridized carbons (Fsp3) is 0.522. The van der Waals surface area contributed by atoms with Gasteiger partial charge in [0.25, 0.3) is 0 Å². The summed E-state index contributed by atoms with van der Waals surface area (Å²) in [5.74, 6) is -0.409. The summed E-state index contributed by atoms with van der Waals surface area (Å²) in [4.78, 5) is 8.64. The van der Waals surface area contributed by atoms with Gasteiger partial charge in [-0.05, 0) is 39.2 Å². The molecule has 2 unspecified atom stereocenters. The summed E-state index contributed by atoms with van der Waals surface area (Å²) in [5.41, 5.74) is 1.75. The van der Waals surface area contributed by atoms with E-state index in [1.165, 1.54) is 6.20 Å². The van der Waals surface area contributed by atoms with Gasteiger partial charge in [-0.1, -0.05) is 13.8 Å². The first-order chi connectivity index (χ1) is 15.5. The fourth-order valence-corrected chi connectivity index (χ4v) is 4.04. The van der Waals surface area contributed by atoms with Gasteiger partial charge in [-0.2, -0.15) is 5.10 Å². The highest BCUT2D eigenvalue weighted by molar-refractivity contribution is 5.63. The van der Waals surface area contributed by atoms with Crippen molar-refractivity contribution in [1.29, 1.82) is 0 Å². The monoisotopic (exact) mass is 444 g/mol. The summed E-state index contributed by atoms with van der Waals surface area (Å²) in [6.45, 7) is 6.98. The van der Waals surface area contributed by atoms with Gasteiger partial charge in [-0.3, -0.25) is 0 Å². The fourth-order valence-electron chi connectivity index (χ4n) is 4.04. The van der Waals surface area contributed by atoms with Gasteiger partial charge in [0, 0.05) is 30.1 Å². The summed E-state index contributed by atoms with van der Waals surface area (Å²) < 4.78 is 36.3. The van der Waals surface area contributed by atoms with Gasteiger partial charge in [-0.25, -0.2) is 23.3 Å². The summed E-state index contributed by atoms with van der Waals surface area (Å²) in [6, 6.07) is 2.85. The smallest absolute Gasteiger partial charge is 0.168 e. The first kappa shape index (κ1) is 22.4. The third-order valence-corrected chi connectivity index (χ3v) is 5.92. The van der Waals surface area contributed by atoms with Crippen molar-refractivity contribution in [2.45, 2.75) is 64.5 Å². The van der Waals surface area contributed by atoms with Crippen LogP contribution in [-0.2, 0) is 0 Å². The number of anilines is 1. The van der Waals surface area contributed by atoms with Gasteiger partial charge in [0.1, 0.15) is 22.8 Å². The van der Waals surface area contributed by atoms with Crippen molar-refractivity contribution in [3.8, 4) is 17.1 Å². The highest BCUT2D eigenvalue weighted by Gasteiger charge is 2.30. The Labute approximate surface area is 186 Å². The van der Waals surface area contributed by atoms with Gasteiger partial charge in [0.15, 0.2) is 23.1 Å². The second kappa shape index (κ2) is 9.36. The van der Waals surface area contributed by atoms with E-state index in [0.717, 1.165) is 44.0 Å². The predicted molar refractivity (Wildman–Crippen MR) is 120 cm³/mol. The number of nitrogens with one attached hydrogen (secondary N) is 2. The van der Waals surface area contributed by atoms with Crippen molar-refractivity contribution in [1.82, 2.24) is 24.9 Å². The van der Waals surface area contributed by atoms with E-state index in [4.69, 9.17) is 4.74 Å². The molecule has 3 aromatic heterocycles. The highest BCUT2D eigenvalue weighted by Crippen LogP contribution is 2.43. The Kier molecular flexibility index (Phi) is 6.55. The lowest BCUT2D eigenvalue weighted by atomic mass is 10.00. The number of aromatic nitrogens is 4. The topological polar surface area (TPSA) is 76.4 Å². The Bertz CT molecular complexity index is 1100. The van der Waals surface area contributed by atoms with Crippen LogP contribution in [0.3, 0.4) is 0 Å². The molecule has 4 heterocycles. The quantitative estimate of drug-likeness (QED) is 0.602. The molecule has 5 rings (SSSR count). The molecule has 2 atom stereocenters. The molecule has 2 N–H and O–H groups in total. The lowest BCUT2D eigenvalue weighted by Gasteiger charge is -2.31. The Hall–Kier alpha value is -2.81. The minimum Gasteiger partial charge on any atom is -0.495 e. The number of pyridine rings is 1. The second-order valence-corrected chi connectivity index (χ2v) is 8.07. The molecule has 172 valence electrons. The molecule has 0 amide bonds. The van der Waals surface area contributed by atoms with Crippen LogP contribution < -0.4 is 15.4 Å². The molecule has 2 fully saturated rings. The van der Waals surface area contributed by atoms with E-state index in [1.54, 1.807) is 17.7 Å². The molecule has 1 aliphatic heterocycles. The molecule has 9 heteroatoms.